The number of rotatable bonds is 4. The van der Waals surface area contributed by atoms with Crippen molar-refractivity contribution in [2.75, 3.05) is 31.1 Å². The number of nitrogens with zero attached hydrogens (tertiary/aromatic N) is 2. The zero-order valence-corrected chi connectivity index (χ0v) is 17.5. The molecule has 0 spiro atoms. The van der Waals surface area contributed by atoms with Crippen molar-refractivity contribution < 1.29 is 19.1 Å². The molecule has 0 atom stereocenters. The largest absolute Gasteiger partial charge is 0.513 e. The zero-order chi connectivity index (χ0) is 20.5. The number of anilines is 1. The third kappa shape index (κ3) is 4.41. The average molecular weight is 456 g/mol. The van der Waals surface area contributed by atoms with Crippen molar-refractivity contribution >= 4 is 57.6 Å². The molecule has 1 aliphatic rings. The first kappa shape index (κ1) is 20.2. The van der Waals surface area contributed by atoms with Gasteiger partial charge in [-0.25, -0.2) is 4.79 Å². The van der Waals surface area contributed by atoms with E-state index < -0.39 is 6.16 Å². The van der Waals surface area contributed by atoms with Crippen LogP contribution in [0.1, 0.15) is 5.56 Å². The van der Waals surface area contributed by atoms with E-state index in [1.165, 1.54) is 6.07 Å². The van der Waals surface area contributed by atoms with Gasteiger partial charge in [0.1, 0.15) is 5.58 Å². The van der Waals surface area contributed by atoms with E-state index in [0.717, 1.165) is 44.0 Å². The third-order valence-electron chi connectivity index (χ3n) is 4.89. The molecule has 0 unspecified atom stereocenters. The second kappa shape index (κ2) is 8.32. The monoisotopic (exact) mass is 454 g/mol. The van der Waals surface area contributed by atoms with Gasteiger partial charge in [0.2, 0.25) is 0 Å². The molecule has 29 heavy (non-hydrogen) atoms. The fourth-order valence-corrected chi connectivity index (χ4v) is 4.18. The van der Waals surface area contributed by atoms with E-state index in [-0.39, 0.29) is 5.95 Å². The summed E-state index contributed by atoms with van der Waals surface area (Å²) in [6.07, 6.45) is -1.43. The number of benzene rings is 2. The first-order valence-corrected chi connectivity index (χ1v) is 10.1. The molecule has 0 bridgehead atoms. The van der Waals surface area contributed by atoms with Crippen LogP contribution in [0.5, 0.6) is 5.95 Å². The molecule has 0 saturated carbocycles. The number of hydrogen-bond acceptors (Lipinski definition) is 5. The lowest BCUT2D eigenvalue weighted by Crippen LogP contribution is -2.46. The zero-order valence-electron chi connectivity index (χ0n) is 15.2. The van der Waals surface area contributed by atoms with Crippen LogP contribution in [0.15, 0.2) is 40.8 Å². The second-order valence-corrected chi connectivity index (χ2v) is 7.96. The van der Waals surface area contributed by atoms with E-state index in [4.69, 9.17) is 44.3 Å². The number of piperazine rings is 1. The molecule has 2 heterocycles. The summed E-state index contributed by atoms with van der Waals surface area (Å²) in [5.74, 6) is -0.102. The van der Waals surface area contributed by atoms with Crippen molar-refractivity contribution in [2.45, 2.75) is 6.54 Å². The molecule has 1 fully saturated rings. The molecular formula is C20H17Cl3N2O4. The van der Waals surface area contributed by atoms with Crippen LogP contribution in [0.4, 0.5) is 10.5 Å². The van der Waals surface area contributed by atoms with Crippen molar-refractivity contribution in [3.05, 3.63) is 57.0 Å². The molecule has 3 aromatic rings. The van der Waals surface area contributed by atoms with E-state index in [1.54, 1.807) is 12.1 Å². The Morgan fingerprint density at radius 3 is 2.55 bits per heavy atom. The molecule has 0 amide bonds. The molecule has 1 saturated heterocycles. The maximum absolute atomic E-state index is 10.7. The SMILES string of the molecule is O=C(O)Oc1cc2c(Cl)c(N3CCN(Cc4cc(Cl)ccc4Cl)CC3)ccc2o1. The number of ether oxygens (including phenoxy) is 1. The van der Waals surface area contributed by atoms with Gasteiger partial charge in [-0.1, -0.05) is 34.8 Å². The smallest absolute Gasteiger partial charge is 0.449 e. The van der Waals surface area contributed by atoms with Gasteiger partial charge in [-0.05, 0) is 35.9 Å². The summed E-state index contributed by atoms with van der Waals surface area (Å²) >= 11 is 18.9. The van der Waals surface area contributed by atoms with Crippen molar-refractivity contribution in [1.82, 2.24) is 4.90 Å². The van der Waals surface area contributed by atoms with Crippen LogP contribution in [-0.2, 0) is 6.54 Å². The summed E-state index contributed by atoms with van der Waals surface area (Å²) in [4.78, 5) is 15.2. The number of furan rings is 1. The van der Waals surface area contributed by atoms with Gasteiger partial charge < -0.3 is 19.2 Å². The second-order valence-electron chi connectivity index (χ2n) is 6.74. The lowest BCUT2D eigenvalue weighted by atomic mass is 10.1. The quantitative estimate of drug-likeness (QED) is 0.504. The van der Waals surface area contributed by atoms with Crippen LogP contribution < -0.4 is 9.64 Å². The number of carboxylic acid groups (broad SMARTS) is 1. The molecular weight excluding hydrogens is 439 g/mol. The molecule has 1 N–H and O–H groups in total. The number of fused-ring (bicyclic) bond motifs is 1. The van der Waals surface area contributed by atoms with E-state index in [1.807, 2.05) is 18.2 Å². The summed E-state index contributed by atoms with van der Waals surface area (Å²) < 4.78 is 9.95. The summed E-state index contributed by atoms with van der Waals surface area (Å²) in [5, 5.41) is 11.3. The van der Waals surface area contributed by atoms with E-state index in [2.05, 4.69) is 14.5 Å². The number of hydrogen-bond donors (Lipinski definition) is 1. The van der Waals surface area contributed by atoms with Crippen molar-refractivity contribution in [1.29, 1.82) is 0 Å². The van der Waals surface area contributed by atoms with Gasteiger partial charge in [0, 0.05) is 54.2 Å². The Kier molecular flexibility index (Phi) is 5.79. The molecule has 4 rings (SSSR count). The Morgan fingerprint density at radius 2 is 1.83 bits per heavy atom. The summed E-state index contributed by atoms with van der Waals surface area (Å²) in [5.41, 5.74) is 2.36. The van der Waals surface area contributed by atoms with Gasteiger partial charge >= 0.3 is 6.16 Å². The molecule has 1 aromatic heterocycles. The highest BCUT2D eigenvalue weighted by molar-refractivity contribution is 6.38. The molecule has 0 aliphatic carbocycles. The van der Waals surface area contributed by atoms with Crippen LogP contribution in [-0.4, -0.2) is 42.3 Å². The normalized spacial score (nSPS) is 15.1. The van der Waals surface area contributed by atoms with E-state index in [9.17, 15) is 4.79 Å². The molecule has 152 valence electrons. The lowest BCUT2D eigenvalue weighted by molar-refractivity contribution is 0.134. The topological polar surface area (TPSA) is 66.2 Å². The van der Waals surface area contributed by atoms with Crippen LogP contribution in [0.2, 0.25) is 15.1 Å². The van der Waals surface area contributed by atoms with Gasteiger partial charge in [0.25, 0.3) is 5.95 Å². The minimum Gasteiger partial charge on any atom is -0.449 e. The van der Waals surface area contributed by atoms with Gasteiger partial charge in [-0.3, -0.25) is 4.90 Å². The van der Waals surface area contributed by atoms with Crippen molar-refractivity contribution in [3.8, 4) is 5.95 Å². The standard InChI is InChI=1S/C20H17Cl3N2O4/c21-13-1-2-15(22)12(9-13)11-24-5-7-25(8-6-24)16-3-4-17-14(19(16)23)10-18(28-17)29-20(26)27/h1-4,9-10H,5-8,11H2,(H,26,27). The summed E-state index contributed by atoms with van der Waals surface area (Å²) in [7, 11) is 0. The Labute approximate surface area is 182 Å². The Balaban J connectivity index is 1.46. The highest BCUT2D eigenvalue weighted by Gasteiger charge is 2.22. The van der Waals surface area contributed by atoms with Crippen LogP contribution in [0.3, 0.4) is 0 Å². The Bertz CT molecular complexity index is 1060. The Hall–Kier alpha value is -2.12. The summed E-state index contributed by atoms with van der Waals surface area (Å²) in [6, 6.07) is 10.6. The maximum Gasteiger partial charge on any atom is 0.513 e. The molecule has 6 nitrogen and oxygen atoms in total. The molecule has 9 heteroatoms. The maximum atomic E-state index is 10.7. The summed E-state index contributed by atoms with van der Waals surface area (Å²) in [6.45, 7) is 4.00. The fourth-order valence-electron chi connectivity index (χ4n) is 3.48. The predicted octanol–water partition coefficient (Wildman–Crippen LogP) is 5.77. The predicted molar refractivity (Wildman–Crippen MR) is 114 cm³/mol. The third-order valence-corrected chi connectivity index (χ3v) is 5.90. The number of halogens is 3. The Morgan fingerprint density at radius 1 is 1.07 bits per heavy atom. The lowest BCUT2D eigenvalue weighted by Gasteiger charge is -2.36. The van der Waals surface area contributed by atoms with Crippen molar-refractivity contribution in [2.24, 2.45) is 0 Å². The van der Waals surface area contributed by atoms with E-state index >= 15 is 0 Å². The van der Waals surface area contributed by atoms with Gasteiger partial charge in [-0.2, -0.15) is 0 Å². The van der Waals surface area contributed by atoms with Crippen LogP contribution in [0.25, 0.3) is 11.0 Å². The number of carbonyl (C=O) groups is 1. The highest BCUT2D eigenvalue weighted by atomic mass is 35.5. The van der Waals surface area contributed by atoms with Crippen molar-refractivity contribution in [3.63, 3.8) is 0 Å². The van der Waals surface area contributed by atoms with Gasteiger partial charge in [0.15, 0.2) is 0 Å². The molecule has 2 aromatic carbocycles. The molecule has 1 aliphatic heterocycles. The van der Waals surface area contributed by atoms with Crippen LogP contribution >= 0.6 is 34.8 Å². The minimum atomic E-state index is -1.43. The fraction of sp³-hybridized carbons (Fsp3) is 0.250. The molecule has 0 radical (unpaired) electrons. The highest BCUT2D eigenvalue weighted by Crippen LogP contribution is 2.37. The van der Waals surface area contributed by atoms with E-state index in [0.29, 0.717) is 26.0 Å². The van der Waals surface area contributed by atoms with Gasteiger partial charge in [-0.15, -0.1) is 0 Å². The first-order chi connectivity index (χ1) is 13.9. The minimum absolute atomic E-state index is 0.102. The first-order valence-electron chi connectivity index (χ1n) is 8.95. The average Bonchev–Trinajstić information content (AvgIpc) is 3.09. The van der Waals surface area contributed by atoms with Gasteiger partial charge in [0.05, 0.1) is 10.7 Å². The van der Waals surface area contributed by atoms with Crippen LogP contribution in [0, 0.1) is 0 Å².